The predicted molar refractivity (Wildman–Crippen MR) is 71.0 cm³/mol. The van der Waals surface area contributed by atoms with Crippen LogP contribution in [-0.4, -0.2) is 63.5 Å². The van der Waals surface area contributed by atoms with E-state index in [0.29, 0.717) is 0 Å². The van der Waals surface area contributed by atoms with Crippen LogP contribution in [0.25, 0.3) is 0 Å². The fourth-order valence-corrected chi connectivity index (χ4v) is 2.62. The van der Waals surface area contributed by atoms with Crippen molar-refractivity contribution in [1.82, 2.24) is 10.2 Å². The van der Waals surface area contributed by atoms with Gasteiger partial charge in [-0.15, -0.1) is 0 Å². The van der Waals surface area contributed by atoms with Gasteiger partial charge in [0.1, 0.15) is 9.84 Å². The van der Waals surface area contributed by atoms with Crippen LogP contribution in [0.3, 0.4) is 0 Å². The number of hydrogen-bond acceptors (Lipinski definition) is 5. The maximum Gasteiger partial charge on any atom is 0.237 e. The van der Waals surface area contributed by atoms with Gasteiger partial charge in [-0.25, -0.2) is 8.42 Å². The lowest BCUT2D eigenvalue weighted by Gasteiger charge is -2.30. The van der Waals surface area contributed by atoms with Crippen molar-refractivity contribution in [2.75, 3.05) is 32.1 Å². The third-order valence-electron chi connectivity index (χ3n) is 3.20. The minimum Gasteiger partial charge on any atom is -0.352 e. The zero-order valence-corrected chi connectivity index (χ0v) is 11.9. The molecule has 0 aromatic heterocycles. The first-order valence-corrected chi connectivity index (χ1v) is 8.26. The highest BCUT2D eigenvalue weighted by Gasteiger charge is 2.22. The van der Waals surface area contributed by atoms with Crippen molar-refractivity contribution in [3.63, 3.8) is 0 Å². The Morgan fingerprint density at radius 2 is 2.00 bits per heavy atom. The van der Waals surface area contributed by atoms with Crippen LogP contribution in [0.5, 0.6) is 0 Å². The minimum absolute atomic E-state index is 0.0466. The van der Waals surface area contributed by atoms with Crippen LogP contribution in [0.2, 0.25) is 0 Å². The molecular weight excluding hydrogens is 254 g/mol. The molecule has 1 fully saturated rings. The highest BCUT2D eigenvalue weighted by molar-refractivity contribution is 7.90. The first-order chi connectivity index (χ1) is 8.28. The lowest BCUT2D eigenvalue weighted by atomic mass is 10.0. The molecule has 0 bridgehead atoms. The van der Waals surface area contributed by atoms with Gasteiger partial charge >= 0.3 is 0 Å². The van der Waals surface area contributed by atoms with Crippen molar-refractivity contribution < 1.29 is 13.2 Å². The first kappa shape index (κ1) is 15.4. The van der Waals surface area contributed by atoms with Gasteiger partial charge in [0.15, 0.2) is 0 Å². The van der Waals surface area contributed by atoms with Gasteiger partial charge in [-0.3, -0.25) is 4.79 Å². The Bertz CT molecular complexity index is 375. The lowest BCUT2D eigenvalue weighted by Crippen LogP contribution is -2.49. The molecule has 3 N–H and O–H groups in total. The molecule has 1 rings (SSSR count). The number of sulfone groups is 1. The topological polar surface area (TPSA) is 92.5 Å². The zero-order chi connectivity index (χ0) is 13.8. The number of nitrogens with two attached hydrogens (primary N) is 1. The van der Waals surface area contributed by atoms with Crippen LogP contribution in [0.4, 0.5) is 0 Å². The van der Waals surface area contributed by atoms with E-state index in [2.05, 4.69) is 17.3 Å². The Labute approximate surface area is 109 Å². The van der Waals surface area contributed by atoms with Crippen LogP contribution < -0.4 is 11.1 Å². The maximum atomic E-state index is 11.8. The van der Waals surface area contributed by atoms with Gasteiger partial charge in [-0.05, 0) is 39.4 Å². The van der Waals surface area contributed by atoms with E-state index in [1.54, 1.807) is 0 Å². The molecule has 1 amide bonds. The van der Waals surface area contributed by atoms with Crippen molar-refractivity contribution in [3.05, 3.63) is 0 Å². The molecule has 1 aliphatic heterocycles. The fraction of sp³-hybridized carbons (Fsp3) is 0.909. The monoisotopic (exact) mass is 277 g/mol. The van der Waals surface area contributed by atoms with E-state index in [1.807, 2.05) is 0 Å². The fourth-order valence-electron chi connectivity index (χ4n) is 1.93. The van der Waals surface area contributed by atoms with Gasteiger partial charge in [0.05, 0.1) is 11.8 Å². The number of hydrogen-bond donors (Lipinski definition) is 2. The Morgan fingerprint density at radius 3 is 2.50 bits per heavy atom. The highest BCUT2D eigenvalue weighted by Crippen LogP contribution is 2.08. The Balaban J connectivity index is 2.31. The van der Waals surface area contributed by atoms with Crippen molar-refractivity contribution in [1.29, 1.82) is 0 Å². The molecule has 1 saturated heterocycles. The summed E-state index contributed by atoms with van der Waals surface area (Å²) in [7, 11) is -1.01. The van der Waals surface area contributed by atoms with Gasteiger partial charge in [-0.2, -0.15) is 0 Å². The number of nitrogens with one attached hydrogen (secondary N) is 1. The number of nitrogens with zero attached hydrogens (tertiary/aromatic N) is 1. The molecular formula is C11H23N3O3S. The summed E-state index contributed by atoms with van der Waals surface area (Å²) in [5, 5.41) is 2.89. The predicted octanol–water partition coefficient (Wildman–Crippen LogP) is -1.04. The van der Waals surface area contributed by atoms with E-state index in [0.717, 1.165) is 32.2 Å². The quantitative estimate of drug-likeness (QED) is 0.669. The Kier molecular flexibility index (Phi) is 5.55. The summed E-state index contributed by atoms with van der Waals surface area (Å²) >= 11 is 0. The molecule has 1 heterocycles. The van der Waals surface area contributed by atoms with E-state index in [4.69, 9.17) is 5.73 Å². The molecule has 106 valence electrons. The van der Waals surface area contributed by atoms with Crippen molar-refractivity contribution in [2.24, 2.45) is 5.73 Å². The molecule has 0 aliphatic carbocycles. The maximum absolute atomic E-state index is 11.8. The lowest BCUT2D eigenvalue weighted by molar-refractivity contribution is -0.123. The van der Waals surface area contributed by atoms with E-state index >= 15 is 0 Å². The number of carbonyl (C=O) groups is 1. The van der Waals surface area contributed by atoms with Crippen LogP contribution in [0, 0.1) is 0 Å². The van der Waals surface area contributed by atoms with E-state index < -0.39 is 15.9 Å². The second kappa shape index (κ2) is 6.49. The minimum atomic E-state index is -3.06. The third-order valence-corrected chi connectivity index (χ3v) is 4.18. The number of amides is 1. The van der Waals surface area contributed by atoms with Crippen molar-refractivity contribution in [2.45, 2.75) is 31.3 Å². The van der Waals surface area contributed by atoms with E-state index in [-0.39, 0.29) is 24.1 Å². The molecule has 0 radical (unpaired) electrons. The number of rotatable bonds is 5. The largest absolute Gasteiger partial charge is 0.352 e. The number of piperidine rings is 1. The third kappa shape index (κ3) is 5.79. The van der Waals surface area contributed by atoms with Gasteiger partial charge in [0.25, 0.3) is 0 Å². The standard InChI is InChI=1S/C11H23N3O3S/c1-14-6-3-9(4-7-14)13-11(15)10(12)5-8-18(2,16)17/h9-10H,3-8,12H2,1-2H3,(H,13,15). The summed E-state index contributed by atoms with van der Waals surface area (Å²) in [4.78, 5) is 14.0. The summed E-state index contributed by atoms with van der Waals surface area (Å²) < 4.78 is 22.0. The summed E-state index contributed by atoms with van der Waals surface area (Å²) in [6.45, 7) is 1.92. The normalized spacial score (nSPS) is 20.6. The molecule has 1 atom stereocenters. The van der Waals surface area contributed by atoms with Crippen LogP contribution in [-0.2, 0) is 14.6 Å². The molecule has 18 heavy (non-hydrogen) atoms. The Morgan fingerprint density at radius 1 is 1.44 bits per heavy atom. The van der Waals surface area contributed by atoms with Gasteiger partial charge < -0.3 is 16.0 Å². The van der Waals surface area contributed by atoms with Crippen LogP contribution in [0.15, 0.2) is 0 Å². The van der Waals surface area contributed by atoms with E-state index in [1.165, 1.54) is 0 Å². The number of carbonyl (C=O) groups excluding carboxylic acids is 1. The Hall–Kier alpha value is -0.660. The molecule has 0 saturated carbocycles. The molecule has 0 aromatic carbocycles. The molecule has 0 aromatic rings. The highest BCUT2D eigenvalue weighted by atomic mass is 32.2. The number of likely N-dealkylation sites (tertiary alicyclic amines) is 1. The zero-order valence-electron chi connectivity index (χ0n) is 11.1. The first-order valence-electron chi connectivity index (χ1n) is 6.20. The SMILES string of the molecule is CN1CCC(NC(=O)C(N)CCS(C)(=O)=O)CC1. The van der Waals surface area contributed by atoms with Crippen LogP contribution >= 0.6 is 0 Å². The summed E-state index contributed by atoms with van der Waals surface area (Å²) in [6.07, 6.45) is 3.16. The summed E-state index contributed by atoms with van der Waals surface area (Å²) in [5.41, 5.74) is 5.68. The second-order valence-corrected chi connectivity index (χ2v) is 7.37. The van der Waals surface area contributed by atoms with E-state index in [9.17, 15) is 13.2 Å². The molecule has 0 spiro atoms. The average molecular weight is 277 g/mol. The van der Waals surface area contributed by atoms with Crippen LogP contribution in [0.1, 0.15) is 19.3 Å². The molecule has 7 heteroatoms. The average Bonchev–Trinajstić information content (AvgIpc) is 2.28. The van der Waals surface area contributed by atoms with Gasteiger partial charge in [0, 0.05) is 12.3 Å². The molecule has 1 aliphatic rings. The second-order valence-electron chi connectivity index (χ2n) is 5.11. The summed E-state index contributed by atoms with van der Waals surface area (Å²) in [6, 6.07) is -0.572. The summed E-state index contributed by atoms with van der Waals surface area (Å²) in [5.74, 6) is -0.289. The van der Waals surface area contributed by atoms with Gasteiger partial charge in [0.2, 0.25) is 5.91 Å². The van der Waals surface area contributed by atoms with Crippen molar-refractivity contribution >= 4 is 15.7 Å². The smallest absolute Gasteiger partial charge is 0.237 e. The molecule has 1 unspecified atom stereocenters. The molecule has 6 nitrogen and oxygen atoms in total. The van der Waals surface area contributed by atoms with Gasteiger partial charge in [-0.1, -0.05) is 0 Å². The van der Waals surface area contributed by atoms with Crippen molar-refractivity contribution in [3.8, 4) is 0 Å².